The van der Waals surface area contributed by atoms with Crippen molar-refractivity contribution in [2.75, 3.05) is 5.73 Å². The molecule has 0 spiro atoms. The van der Waals surface area contributed by atoms with Crippen molar-refractivity contribution in [1.29, 1.82) is 0 Å². The van der Waals surface area contributed by atoms with Gasteiger partial charge in [-0.1, -0.05) is 37.3 Å². The molecular weight excluding hydrogens is 256 g/mol. The van der Waals surface area contributed by atoms with Gasteiger partial charge >= 0.3 is 0 Å². The van der Waals surface area contributed by atoms with Crippen LogP contribution in [0.3, 0.4) is 0 Å². The van der Waals surface area contributed by atoms with E-state index in [-0.39, 0.29) is 23.5 Å². The highest BCUT2D eigenvalue weighted by Gasteiger charge is 2.26. The largest absolute Gasteiger partial charge is 0.379 e. The number of aromatic nitrogens is 2. The second-order valence-electron chi connectivity index (χ2n) is 4.67. The fourth-order valence-corrected chi connectivity index (χ4v) is 1.91. The number of anilines is 1. The number of hydrogen-bond donors (Lipinski definition) is 1. The Morgan fingerprint density at radius 2 is 2.05 bits per heavy atom. The van der Waals surface area contributed by atoms with Crippen LogP contribution in [0.2, 0.25) is 0 Å². The second kappa shape index (κ2) is 6.18. The Kier molecular flexibility index (Phi) is 4.34. The molecule has 0 radical (unpaired) electrons. The van der Waals surface area contributed by atoms with Crippen LogP contribution in [0.25, 0.3) is 0 Å². The number of nitrogen functional groups attached to an aromatic ring is 1. The molecule has 1 amide bonds. The summed E-state index contributed by atoms with van der Waals surface area (Å²) in [5.74, 6) is -0.238. The van der Waals surface area contributed by atoms with Gasteiger partial charge in [0.25, 0.3) is 5.91 Å². The SMILES string of the molecule is CCC(C)N(Cc1ccccc1)C(=O)c1nonc1N. The van der Waals surface area contributed by atoms with Crippen molar-refractivity contribution in [1.82, 2.24) is 15.2 Å². The number of benzene rings is 1. The lowest BCUT2D eigenvalue weighted by Gasteiger charge is -2.27. The normalized spacial score (nSPS) is 12.1. The monoisotopic (exact) mass is 274 g/mol. The molecule has 0 saturated carbocycles. The Labute approximate surface area is 117 Å². The lowest BCUT2D eigenvalue weighted by molar-refractivity contribution is 0.0661. The fraction of sp³-hybridized carbons (Fsp3) is 0.357. The van der Waals surface area contributed by atoms with Gasteiger partial charge < -0.3 is 10.6 Å². The zero-order valence-electron chi connectivity index (χ0n) is 11.6. The van der Waals surface area contributed by atoms with Gasteiger partial charge in [0, 0.05) is 12.6 Å². The molecule has 0 fully saturated rings. The van der Waals surface area contributed by atoms with Crippen molar-refractivity contribution in [3.63, 3.8) is 0 Å². The Morgan fingerprint density at radius 1 is 1.35 bits per heavy atom. The molecule has 20 heavy (non-hydrogen) atoms. The van der Waals surface area contributed by atoms with E-state index in [4.69, 9.17) is 5.73 Å². The number of amides is 1. The molecule has 0 aliphatic carbocycles. The highest BCUT2D eigenvalue weighted by Crippen LogP contribution is 2.16. The summed E-state index contributed by atoms with van der Waals surface area (Å²) < 4.78 is 4.51. The highest BCUT2D eigenvalue weighted by atomic mass is 16.6. The summed E-state index contributed by atoms with van der Waals surface area (Å²) in [4.78, 5) is 14.2. The molecule has 2 rings (SSSR count). The van der Waals surface area contributed by atoms with E-state index in [1.165, 1.54) is 0 Å². The number of nitrogens with two attached hydrogens (primary N) is 1. The van der Waals surface area contributed by atoms with Gasteiger partial charge in [-0.3, -0.25) is 4.79 Å². The summed E-state index contributed by atoms with van der Waals surface area (Å²) in [6.45, 7) is 4.52. The topological polar surface area (TPSA) is 85.2 Å². The first-order chi connectivity index (χ1) is 9.63. The van der Waals surface area contributed by atoms with Gasteiger partial charge in [-0.15, -0.1) is 0 Å². The molecule has 2 aromatic rings. The molecule has 6 nitrogen and oxygen atoms in total. The standard InChI is InChI=1S/C14H18N4O2/c1-3-10(2)18(9-11-7-5-4-6-8-11)14(19)12-13(15)17-20-16-12/h4-8,10H,3,9H2,1-2H3,(H2,15,17). The van der Waals surface area contributed by atoms with E-state index in [0.717, 1.165) is 12.0 Å². The quantitative estimate of drug-likeness (QED) is 0.902. The van der Waals surface area contributed by atoms with Gasteiger partial charge in [-0.05, 0) is 29.2 Å². The Hall–Kier alpha value is -2.37. The number of carbonyl (C=O) groups excluding carboxylic acids is 1. The van der Waals surface area contributed by atoms with E-state index < -0.39 is 0 Å². The van der Waals surface area contributed by atoms with Crippen LogP contribution in [0.5, 0.6) is 0 Å². The van der Waals surface area contributed by atoms with Crippen LogP contribution < -0.4 is 5.73 Å². The van der Waals surface area contributed by atoms with E-state index in [2.05, 4.69) is 14.9 Å². The van der Waals surface area contributed by atoms with Gasteiger partial charge in [0.05, 0.1) is 0 Å². The molecule has 6 heteroatoms. The number of carbonyl (C=O) groups is 1. The van der Waals surface area contributed by atoms with Crippen LogP contribution in [-0.4, -0.2) is 27.2 Å². The smallest absolute Gasteiger partial charge is 0.280 e. The van der Waals surface area contributed by atoms with Crippen LogP contribution >= 0.6 is 0 Å². The van der Waals surface area contributed by atoms with E-state index in [0.29, 0.717) is 6.54 Å². The fourth-order valence-electron chi connectivity index (χ4n) is 1.91. The summed E-state index contributed by atoms with van der Waals surface area (Å²) >= 11 is 0. The first-order valence-corrected chi connectivity index (χ1v) is 6.56. The molecule has 0 aliphatic heterocycles. The third kappa shape index (κ3) is 2.96. The first kappa shape index (κ1) is 14.0. The zero-order valence-corrected chi connectivity index (χ0v) is 11.6. The maximum atomic E-state index is 12.5. The lowest BCUT2D eigenvalue weighted by Crippen LogP contribution is -2.38. The molecule has 1 atom stereocenters. The van der Waals surface area contributed by atoms with Gasteiger partial charge in [0.1, 0.15) is 0 Å². The van der Waals surface area contributed by atoms with Crippen LogP contribution in [0.4, 0.5) is 5.82 Å². The predicted octanol–water partition coefficient (Wildman–Crippen LogP) is 2.09. The summed E-state index contributed by atoms with van der Waals surface area (Å²) in [5.41, 5.74) is 6.72. The van der Waals surface area contributed by atoms with Crippen LogP contribution in [0.1, 0.15) is 36.3 Å². The van der Waals surface area contributed by atoms with Gasteiger partial charge in [-0.2, -0.15) is 0 Å². The lowest BCUT2D eigenvalue weighted by atomic mass is 10.1. The minimum atomic E-state index is -0.262. The second-order valence-corrected chi connectivity index (χ2v) is 4.67. The zero-order chi connectivity index (χ0) is 14.5. The van der Waals surface area contributed by atoms with Crippen LogP contribution in [0, 0.1) is 0 Å². The molecule has 0 saturated heterocycles. The summed E-state index contributed by atoms with van der Waals surface area (Å²) in [6, 6.07) is 9.86. The van der Waals surface area contributed by atoms with Gasteiger partial charge in [-0.25, -0.2) is 4.63 Å². The summed E-state index contributed by atoms with van der Waals surface area (Å²) in [5, 5.41) is 7.05. The molecule has 0 bridgehead atoms. The average Bonchev–Trinajstić information content (AvgIpc) is 2.90. The van der Waals surface area contributed by atoms with Crippen LogP contribution in [-0.2, 0) is 6.54 Å². The molecule has 0 aliphatic rings. The molecule has 1 aromatic carbocycles. The molecule has 106 valence electrons. The van der Waals surface area contributed by atoms with Crippen molar-refractivity contribution < 1.29 is 9.42 Å². The third-order valence-corrected chi connectivity index (χ3v) is 3.30. The maximum Gasteiger partial charge on any atom is 0.280 e. The Balaban J connectivity index is 2.24. The van der Waals surface area contributed by atoms with E-state index in [1.807, 2.05) is 44.2 Å². The third-order valence-electron chi connectivity index (χ3n) is 3.30. The number of rotatable bonds is 5. The summed E-state index contributed by atoms with van der Waals surface area (Å²) in [6.07, 6.45) is 0.837. The predicted molar refractivity (Wildman–Crippen MR) is 74.8 cm³/mol. The minimum absolute atomic E-state index is 0.0244. The number of nitrogens with zero attached hydrogens (tertiary/aromatic N) is 3. The first-order valence-electron chi connectivity index (χ1n) is 6.56. The minimum Gasteiger partial charge on any atom is -0.379 e. The number of hydrogen-bond acceptors (Lipinski definition) is 5. The maximum absolute atomic E-state index is 12.5. The van der Waals surface area contributed by atoms with Gasteiger partial charge in [0.15, 0.2) is 0 Å². The molecule has 2 N–H and O–H groups in total. The van der Waals surface area contributed by atoms with E-state index in [1.54, 1.807) is 4.90 Å². The summed E-state index contributed by atoms with van der Waals surface area (Å²) in [7, 11) is 0. The van der Waals surface area contributed by atoms with E-state index in [9.17, 15) is 4.79 Å². The molecule has 1 aromatic heterocycles. The van der Waals surface area contributed by atoms with Crippen molar-refractivity contribution in [3.05, 3.63) is 41.6 Å². The average molecular weight is 274 g/mol. The Bertz CT molecular complexity index is 568. The molecule has 1 heterocycles. The molecular formula is C14H18N4O2. The van der Waals surface area contributed by atoms with Crippen LogP contribution in [0.15, 0.2) is 35.0 Å². The van der Waals surface area contributed by atoms with E-state index >= 15 is 0 Å². The Morgan fingerprint density at radius 3 is 2.60 bits per heavy atom. The van der Waals surface area contributed by atoms with Crippen molar-refractivity contribution in [2.45, 2.75) is 32.9 Å². The van der Waals surface area contributed by atoms with Crippen molar-refractivity contribution >= 4 is 11.7 Å². The van der Waals surface area contributed by atoms with Crippen molar-refractivity contribution in [3.8, 4) is 0 Å². The highest BCUT2D eigenvalue weighted by molar-refractivity contribution is 5.96. The molecule has 1 unspecified atom stereocenters. The van der Waals surface area contributed by atoms with Crippen molar-refractivity contribution in [2.24, 2.45) is 0 Å². The van der Waals surface area contributed by atoms with Gasteiger partial charge in [0.2, 0.25) is 11.5 Å².